The Balaban J connectivity index is 1.38. The smallest absolute Gasteiger partial charge is 0.135 e. The molecule has 37 heavy (non-hydrogen) atoms. The fourth-order valence-corrected chi connectivity index (χ4v) is 5.79. The number of anilines is 1. The van der Waals surface area contributed by atoms with Crippen molar-refractivity contribution in [2.24, 2.45) is 5.92 Å². The van der Waals surface area contributed by atoms with Gasteiger partial charge < -0.3 is 10.3 Å². The van der Waals surface area contributed by atoms with Gasteiger partial charge in [0, 0.05) is 44.1 Å². The van der Waals surface area contributed by atoms with Gasteiger partial charge in [-0.2, -0.15) is 5.10 Å². The van der Waals surface area contributed by atoms with Crippen LogP contribution >= 0.6 is 20.6 Å². The van der Waals surface area contributed by atoms with E-state index in [-0.39, 0.29) is 0 Å². The van der Waals surface area contributed by atoms with Crippen LogP contribution in [0.4, 0.5) is 5.69 Å². The minimum Gasteiger partial charge on any atom is -0.358 e. The first-order chi connectivity index (χ1) is 17.9. The summed E-state index contributed by atoms with van der Waals surface area (Å²) >= 11 is 1.73. The summed E-state index contributed by atoms with van der Waals surface area (Å²) in [5.74, 6) is 0.532. The molecule has 7 nitrogen and oxygen atoms in total. The van der Waals surface area contributed by atoms with E-state index in [1.807, 2.05) is 30.7 Å². The standard InChI is InChI=1S/C28H26N7PS/c1-15(2)8-16(3)31-18-9-17(11-29-12-18)21-4-5-22-27(33-21)28(35-34-22)23-10-19-20(13-30-14-24(19)32-23)25-6-7-26(36)37-25/h4-7,9-15,31-32H,3,8,36H2,1-2H3,(H,34,35). The Hall–Kier alpha value is -3.87. The molecule has 6 aromatic heterocycles. The molecule has 6 rings (SSSR count). The number of thiophene rings is 1. The normalized spacial score (nSPS) is 11.6. The van der Waals surface area contributed by atoms with E-state index in [1.165, 1.54) is 9.50 Å². The average molecular weight is 524 g/mol. The quantitative estimate of drug-likeness (QED) is 0.201. The predicted octanol–water partition coefficient (Wildman–Crippen LogP) is 6.76. The van der Waals surface area contributed by atoms with E-state index < -0.39 is 0 Å². The van der Waals surface area contributed by atoms with E-state index in [0.717, 1.165) is 68.0 Å². The molecule has 0 aliphatic heterocycles. The largest absolute Gasteiger partial charge is 0.358 e. The third kappa shape index (κ3) is 4.66. The van der Waals surface area contributed by atoms with Gasteiger partial charge >= 0.3 is 0 Å². The van der Waals surface area contributed by atoms with E-state index in [4.69, 9.17) is 4.98 Å². The average Bonchev–Trinajstić information content (AvgIpc) is 3.60. The summed E-state index contributed by atoms with van der Waals surface area (Å²) in [7, 11) is 2.76. The van der Waals surface area contributed by atoms with E-state index in [9.17, 15) is 0 Å². The van der Waals surface area contributed by atoms with Crippen LogP contribution in [0.5, 0.6) is 0 Å². The zero-order valence-electron chi connectivity index (χ0n) is 20.5. The Morgan fingerprint density at radius 2 is 1.92 bits per heavy atom. The van der Waals surface area contributed by atoms with Crippen LogP contribution in [0.3, 0.4) is 0 Å². The number of aromatic nitrogens is 6. The van der Waals surface area contributed by atoms with Crippen LogP contribution in [0.1, 0.15) is 20.3 Å². The maximum Gasteiger partial charge on any atom is 0.135 e. The van der Waals surface area contributed by atoms with Gasteiger partial charge in [-0.25, -0.2) is 4.98 Å². The van der Waals surface area contributed by atoms with Crippen molar-refractivity contribution >= 4 is 52.8 Å². The lowest BCUT2D eigenvalue weighted by molar-refractivity contribution is 0.645. The molecule has 0 aromatic carbocycles. The number of hydrogen-bond acceptors (Lipinski definition) is 6. The van der Waals surface area contributed by atoms with Gasteiger partial charge in [0.15, 0.2) is 0 Å². The Morgan fingerprint density at radius 1 is 1.05 bits per heavy atom. The molecular weight excluding hydrogens is 497 g/mol. The highest BCUT2D eigenvalue weighted by molar-refractivity contribution is 7.44. The summed E-state index contributed by atoms with van der Waals surface area (Å²) in [5, 5.41) is 12.2. The van der Waals surface area contributed by atoms with Crippen molar-refractivity contribution in [3.8, 4) is 33.1 Å². The molecule has 0 saturated carbocycles. The topological polar surface area (TPSA) is 95.2 Å². The lowest BCUT2D eigenvalue weighted by Gasteiger charge is -2.12. The molecule has 0 radical (unpaired) electrons. The number of rotatable bonds is 7. The van der Waals surface area contributed by atoms with Crippen LogP contribution in [0.15, 0.2) is 73.5 Å². The molecule has 0 bridgehead atoms. The van der Waals surface area contributed by atoms with E-state index in [2.05, 4.69) is 84.4 Å². The highest BCUT2D eigenvalue weighted by Gasteiger charge is 2.16. The van der Waals surface area contributed by atoms with Crippen molar-refractivity contribution < 1.29 is 0 Å². The monoisotopic (exact) mass is 523 g/mol. The van der Waals surface area contributed by atoms with Gasteiger partial charge in [-0.15, -0.1) is 11.3 Å². The van der Waals surface area contributed by atoms with E-state index in [0.29, 0.717) is 5.92 Å². The summed E-state index contributed by atoms with van der Waals surface area (Å²) in [6.45, 7) is 8.49. The summed E-state index contributed by atoms with van der Waals surface area (Å²) in [5.41, 5.74) is 9.00. The highest BCUT2D eigenvalue weighted by Crippen LogP contribution is 2.35. The zero-order chi connectivity index (χ0) is 25.5. The van der Waals surface area contributed by atoms with Crippen molar-refractivity contribution in [1.82, 2.24) is 30.1 Å². The van der Waals surface area contributed by atoms with Crippen molar-refractivity contribution in [3.05, 3.63) is 73.5 Å². The molecule has 0 aliphatic rings. The number of nitrogens with zero attached hydrogens (tertiary/aromatic N) is 4. The highest BCUT2D eigenvalue weighted by atomic mass is 32.1. The molecule has 1 atom stereocenters. The number of allylic oxidation sites excluding steroid dienone is 1. The van der Waals surface area contributed by atoms with Crippen molar-refractivity contribution in [2.45, 2.75) is 20.3 Å². The molecule has 6 aromatic rings. The third-order valence-electron chi connectivity index (χ3n) is 6.11. The second-order valence-electron chi connectivity index (χ2n) is 9.49. The molecule has 0 amide bonds. The Morgan fingerprint density at radius 3 is 2.73 bits per heavy atom. The molecule has 0 spiro atoms. The molecule has 9 heteroatoms. The zero-order valence-corrected chi connectivity index (χ0v) is 22.5. The van der Waals surface area contributed by atoms with Crippen molar-refractivity contribution in [1.29, 1.82) is 0 Å². The fraction of sp³-hybridized carbons (Fsp3) is 0.143. The summed E-state index contributed by atoms with van der Waals surface area (Å²) in [4.78, 5) is 18.5. The predicted molar refractivity (Wildman–Crippen MR) is 157 cm³/mol. The number of aromatic amines is 2. The number of hydrogen-bond donors (Lipinski definition) is 3. The third-order valence-corrected chi connectivity index (χ3v) is 7.60. The molecule has 0 fully saturated rings. The second-order valence-corrected chi connectivity index (χ2v) is 11.6. The number of H-pyrrole nitrogens is 2. The molecular formula is C28H26N7PS. The number of nitrogens with one attached hydrogen (secondary N) is 3. The van der Waals surface area contributed by atoms with Crippen LogP contribution in [0, 0.1) is 5.92 Å². The maximum absolute atomic E-state index is 4.98. The van der Waals surface area contributed by atoms with Gasteiger partial charge in [0.25, 0.3) is 0 Å². The molecule has 0 aliphatic carbocycles. The summed E-state index contributed by atoms with van der Waals surface area (Å²) < 4.78 is 1.19. The van der Waals surface area contributed by atoms with Crippen LogP contribution in [0.2, 0.25) is 0 Å². The van der Waals surface area contributed by atoms with Gasteiger partial charge in [-0.1, -0.05) is 29.7 Å². The fourth-order valence-electron chi connectivity index (χ4n) is 4.52. The molecule has 3 N–H and O–H groups in total. The van der Waals surface area contributed by atoms with E-state index >= 15 is 0 Å². The first-order valence-electron chi connectivity index (χ1n) is 12.0. The van der Waals surface area contributed by atoms with Gasteiger partial charge in [0.05, 0.1) is 40.5 Å². The lowest BCUT2D eigenvalue weighted by atomic mass is 10.1. The maximum atomic E-state index is 4.98. The Labute approximate surface area is 220 Å². The van der Waals surface area contributed by atoms with E-state index in [1.54, 1.807) is 17.5 Å². The first kappa shape index (κ1) is 23.5. The minimum absolute atomic E-state index is 0.532. The number of pyridine rings is 3. The summed E-state index contributed by atoms with van der Waals surface area (Å²) in [6.07, 6.45) is 8.30. The Kier molecular flexibility index (Phi) is 6.07. The molecule has 6 heterocycles. The van der Waals surface area contributed by atoms with Gasteiger partial charge in [0.2, 0.25) is 0 Å². The molecule has 0 saturated heterocycles. The van der Waals surface area contributed by atoms with Crippen molar-refractivity contribution in [3.63, 3.8) is 0 Å². The van der Waals surface area contributed by atoms with Gasteiger partial charge in [-0.05, 0) is 48.7 Å². The van der Waals surface area contributed by atoms with Crippen LogP contribution in [0.25, 0.3) is 55.0 Å². The van der Waals surface area contributed by atoms with Gasteiger partial charge in [-0.3, -0.25) is 15.1 Å². The first-order valence-corrected chi connectivity index (χ1v) is 13.4. The SMILES string of the molecule is C=C(CC(C)C)Nc1cncc(-c2ccc3[nH]nc(-c4cc5c(-c6ccc(P)s6)cncc5[nH]4)c3n2)c1. The Bertz CT molecular complexity index is 1760. The summed E-state index contributed by atoms with van der Waals surface area (Å²) in [6, 6.07) is 12.4. The van der Waals surface area contributed by atoms with Crippen LogP contribution < -0.4 is 9.94 Å². The second kappa shape index (κ2) is 9.54. The van der Waals surface area contributed by atoms with Crippen molar-refractivity contribution in [2.75, 3.05) is 5.32 Å². The minimum atomic E-state index is 0.532. The van der Waals surface area contributed by atoms with Gasteiger partial charge in [0.1, 0.15) is 11.2 Å². The van der Waals surface area contributed by atoms with Crippen LogP contribution in [-0.4, -0.2) is 30.1 Å². The molecule has 1 unspecified atom stereocenters. The number of fused-ring (bicyclic) bond motifs is 2. The molecule has 184 valence electrons. The lowest BCUT2D eigenvalue weighted by Crippen LogP contribution is -2.02. The van der Waals surface area contributed by atoms with Crippen LogP contribution in [-0.2, 0) is 0 Å².